The van der Waals surface area contributed by atoms with Crippen LogP contribution in [0.3, 0.4) is 0 Å². The summed E-state index contributed by atoms with van der Waals surface area (Å²) in [5.41, 5.74) is 6.68. The second-order valence-electron chi connectivity index (χ2n) is 3.10. The van der Waals surface area contributed by atoms with Crippen molar-refractivity contribution in [2.75, 3.05) is 5.73 Å². The van der Waals surface area contributed by atoms with Crippen molar-refractivity contribution in [3.63, 3.8) is 0 Å². The molecular weight excluding hydrogens is 214 g/mol. The van der Waals surface area contributed by atoms with Gasteiger partial charge in [0.15, 0.2) is 6.54 Å². The van der Waals surface area contributed by atoms with E-state index in [1.165, 1.54) is 5.56 Å². The molecule has 0 bridgehead atoms. The number of benzene rings is 1. The average molecular weight is 226 g/mol. The molecule has 0 spiro atoms. The van der Waals surface area contributed by atoms with Crippen LogP contribution < -0.4 is 22.8 Å². The molecule has 0 radical (unpaired) electrons. The minimum Gasteiger partial charge on any atom is -1.00 e. The van der Waals surface area contributed by atoms with E-state index in [1.807, 2.05) is 18.2 Å². The molecule has 1 aromatic heterocycles. The summed E-state index contributed by atoms with van der Waals surface area (Å²) >= 11 is 0. The molecule has 0 fully saturated rings. The Kier molecular flexibility index (Phi) is 4.12. The average Bonchev–Trinajstić information content (AvgIpc) is 2.63. The van der Waals surface area contributed by atoms with Crippen molar-refractivity contribution < 1.29 is 21.6 Å². The van der Waals surface area contributed by atoms with Gasteiger partial charge in [-0.2, -0.15) is 0 Å². The van der Waals surface area contributed by atoms with Crippen molar-refractivity contribution in [1.82, 2.24) is 5.27 Å². The summed E-state index contributed by atoms with van der Waals surface area (Å²) in [6.07, 6.45) is 2.61. The van der Waals surface area contributed by atoms with Crippen LogP contribution in [0.25, 0.3) is 0 Å². The SMILES string of the molecule is Nc1c[n+](CCc2ccccc2)no1.[Cl-]. The number of rotatable bonds is 3. The molecule has 2 aromatic rings. The lowest BCUT2D eigenvalue weighted by Gasteiger charge is -1.93. The molecule has 0 aliphatic carbocycles. The van der Waals surface area contributed by atoms with Gasteiger partial charge in [-0.25, -0.2) is 0 Å². The lowest BCUT2D eigenvalue weighted by molar-refractivity contribution is -0.761. The molecule has 1 heterocycles. The number of nitrogens with zero attached hydrogens (tertiary/aromatic N) is 2. The van der Waals surface area contributed by atoms with Crippen molar-refractivity contribution in [2.45, 2.75) is 13.0 Å². The number of nitrogen functional groups attached to an aromatic ring is 1. The van der Waals surface area contributed by atoms with Crippen LogP contribution in [0.15, 0.2) is 41.1 Å². The van der Waals surface area contributed by atoms with Crippen LogP contribution in [0.2, 0.25) is 0 Å². The first-order valence-electron chi connectivity index (χ1n) is 4.50. The first-order valence-corrected chi connectivity index (χ1v) is 4.50. The maximum atomic E-state index is 5.40. The first-order chi connectivity index (χ1) is 6.84. The Morgan fingerprint density at radius 3 is 2.60 bits per heavy atom. The third kappa shape index (κ3) is 3.25. The molecule has 4 nitrogen and oxygen atoms in total. The van der Waals surface area contributed by atoms with E-state index >= 15 is 0 Å². The van der Waals surface area contributed by atoms with Crippen molar-refractivity contribution >= 4 is 5.88 Å². The Labute approximate surface area is 94.1 Å². The van der Waals surface area contributed by atoms with Gasteiger partial charge in [-0.05, 0) is 5.56 Å². The largest absolute Gasteiger partial charge is 1.00 e. The standard InChI is InChI=1S/C10H12N3O.ClH/c11-10-8-13(12-14-10)7-6-9-4-2-1-3-5-9;/h1-5,8H,6-7,11H2;1H/q+1;/p-1. The highest BCUT2D eigenvalue weighted by atomic mass is 35.5. The number of aromatic nitrogens is 2. The monoisotopic (exact) mass is 225 g/mol. The third-order valence-corrected chi connectivity index (χ3v) is 2.00. The number of anilines is 1. The Hall–Kier alpha value is -1.55. The number of aryl methyl sites for hydroxylation is 2. The topological polar surface area (TPSA) is 55.9 Å². The van der Waals surface area contributed by atoms with Crippen LogP contribution in [0.4, 0.5) is 5.88 Å². The van der Waals surface area contributed by atoms with E-state index in [0.29, 0.717) is 5.88 Å². The zero-order chi connectivity index (χ0) is 9.80. The van der Waals surface area contributed by atoms with E-state index in [4.69, 9.17) is 10.3 Å². The molecule has 0 atom stereocenters. The fourth-order valence-corrected chi connectivity index (χ4v) is 1.29. The molecule has 15 heavy (non-hydrogen) atoms. The predicted molar refractivity (Wildman–Crippen MR) is 51.3 cm³/mol. The van der Waals surface area contributed by atoms with Crippen molar-refractivity contribution in [2.24, 2.45) is 0 Å². The quantitative estimate of drug-likeness (QED) is 0.603. The second-order valence-corrected chi connectivity index (χ2v) is 3.10. The van der Waals surface area contributed by atoms with Crippen molar-refractivity contribution in [1.29, 1.82) is 0 Å². The van der Waals surface area contributed by atoms with Crippen molar-refractivity contribution in [3.05, 3.63) is 42.1 Å². The predicted octanol–water partition coefficient (Wildman–Crippen LogP) is -2.21. The summed E-state index contributed by atoms with van der Waals surface area (Å²) in [6.45, 7) is 0.782. The fourth-order valence-electron chi connectivity index (χ4n) is 1.29. The van der Waals surface area contributed by atoms with Gasteiger partial charge >= 0.3 is 0 Å². The lowest BCUT2D eigenvalue weighted by atomic mass is 10.1. The van der Waals surface area contributed by atoms with E-state index in [1.54, 1.807) is 10.9 Å². The molecule has 2 rings (SSSR count). The number of hydrogen-bond donors (Lipinski definition) is 1. The molecule has 1 aromatic carbocycles. The molecule has 0 saturated carbocycles. The molecule has 2 N–H and O–H groups in total. The Morgan fingerprint density at radius 2 is 2.00 bits per heavy atom. The van der Waals surface area contributed by atoms with Gasteiger partial charge in [0.2, 0.25) is 5.27 Å². The molecule has 5 heteroatoms. The molecule has 0 aliphatic heterocycles. The molecule has 0 aliphatic rings. The van der Waals surface area contributed by atoms with Gasteiger partial charge < -0.3 is 18.1 Å². The highest BCUT2D eigenvalue weighted by molar-refractivity contribution is 5.14. The zero-order valence-corrected chi connectivity index (χ0v) is 8.89. The Morgan fingerprint density at radius 1 is 1.27 bits per heavy atom. The van der Waals surface area contributed by atoms with Gasteiger partial charge in [-0.3, -0.25) is 4.52 Å². The molecule has 0 amide bonds. The van der Waals surface area contributed by atoms with Crippen LogP contribution in [0.1, 0.15) is 5.56 Å². The summed E-state index contributed by atoms with van der Waals surface area (Å²) in [5, 5.41) is 3.75. The Bertz CT molecular complexity index is 402. The van der Waals surface area contributed by atoms with Gasteiger partial charge in [-0.15, -0.1) is 0 Å². The van der Waals surface area contributed by atoms with Crippen molar-refractivity contribution in [3.8, 4) is 0 Å². The summed E-state index contributed by atoms with van der Waals surface area (Å²) in [7, 11) is 0. The second kappa shape index (κ2) is 5.36. The van der Waals surface area contributed by atoms with E-state index < -0.39 is 0 Å². The van der Waals surface area contributed by atoms with Gasteiger partial charge in [-0.1, -0.05) is 35.0 Å². The third-order valence-electron chi connectivity index (χ3n) is 2.00. The van der Waals surface area contributed by atoms with E-state index in [-0.39, 0.29) is 12.4 Å². The number of halogens is 1. The Balaban J connectivity index is 0.00000112. The van der Waals surface area contributed by atoms with Crippen LogP contribution >= 0.6 is 0 Å². The summed E-state index contributed by atoms with van der Waals surface area (Å²) in [6, 6.07) is 10.2. The summed E-state index contributed by atoms with van der Waals surface area (Å²) < 4.78 is 6.44. The number of hydrogen-bond acceptors (Lipinski definition) is 3. The van der Waals surface area contributed by atoms with E-state index in [0.717, 1.165) is 13.0 Å². The van der Waals surface area contributed by atoms with Crippen LogP contribution in [-0.4, -0.2) is 5.27 Å². The van der Waals surface area contributed by atoms with Gasteiger partial charge in [0, 0.05) is 6.42 Å². The zero-order valence-electron chi connectivity index (χ0n) is 8.14. The smallest absolute Gasteiger partial charge is 0.293 e. The normalized spacial score (nSPS) is 9.60. The van der Waals surface area contributed by atoms with E-state index in [9.17, 15) is 0 Å². The van der Waals surface area contributed by atoms with Crippen LogP contribution in [0, 0.1) is 0 Å². The fraction of sp³-hybridized carbons (Fsp3) is 0.200. The van der Waals surface area contributed by atoms with Crippen LogP contribution in [0.5, 0.6) is 0 Å². The molecule has 80 valence electrons. The number of nitrogens with two attached hydrogens (primary N) is 1. The summed E-state index contributed by atoms with van der Waals surface area (Å²) in [4.78, 5) is 0. The highest BCUT2D eigenvalue weighted by Crippen LogP contribution is 1.99. The highest BCUT2D eigenvalue weighted by Gasteiger charge is 2.07. The van der Waals surface area contributed by atoms with E-state index in [2.05, 4.69) is 17.4 Å². The lowest BCUT2D eigenvalue weighted by Crippen LogP contribution is -3.00. The molecule has 0 unspecified atom stereocenters. The maximum absolute atomic E-state index is 5.40. The minimum atomic E-state index is 0. The first kappa shape index (κ1) is 11.5. The van der Waals surface area contributed by atoms with Crippen LogP contribution in [-0.2, 0) is 13.0 Å². The molecule has 0 saturated heterocycles. The van der Waals surface area contributed by atoms with Gasteiger partial charge in [0.1, 0.15) is 0 Å². The summed E-state index contributed by atoms with van der Waals surface area (Å²) in [5.74, 6) is 0.345. The molecular formula is C10H12ClN3O. The van der Waals surface area contributed by atoms with Gasteiger partial charge in [0.25, 0.3) is 12.1 Å². The van der Waals surface area contributed by atoms with Gasteiger partial charge in [0.05, 0.1) is 0 Å². The minimum absolute atomic E-state index is 0. The maximum Gasteiger partial charge on any atom is 0.293 e.